The van der Waals surface area contributed by atoms with Crippen LogP contribution in [0.25, 0.3) is 10.8 Å². The maximum absolute atomic E-state index is 11.5. The van der Waals surface area contributed by atoms with E-state index in [1.54, 1.807) is 7.11 Å². The van der Waals surface area contributed by atoms with Gasteiger partial charge in [-0.15, -0.1) is 0 Å². The van der Waals surface area contributed by atoms with Gasteiger partial charge in [-0.1, -0.05) is 12.1 Å². The SMILES string of the molecule is COc1ccc2cc(N(C)CC(=O)CC#N)ccc2c1. The van der Waals surface area contributed by atoms with Crippen molar-refractivity contribution >= 4 is 22.2 Å². The van der Waals surface area contributed by atoms with Gasteiger partial charge in [0.25, 0.3) is 0 Å². The molecule has 0 aliphatic carbocycles. The number of fused-ring (bicyclic) bond motifs is 1. The molecule has 0 saturated heterocycles. The molecule has 4 nitrogen and oxygen atoms in total. The second-order valence-corrected chi connectivity index (χ2v) is 4.63. The monoisotopic (exact) mass is 268 g/mol. The topological polar surface area (TPSA) is 53.3 Å². The van der Waals surface area contributed by atoms with Crippen molar-refractivity contribution in [3.63, 3.8) is 0 Å². The van der Waals surface area contributed by atoms with E-state index in [4.69, 9.17) is 10.00 Å². The number of benzene rings is 2. The number of likely N-dealkylation sites (N-methyl/N-ethyl adjacent to an activating group) is 1. The Morgan fingerprint density at radius 2 is 1.95 bits per heavy atom. The number of nitrogens with zero attached hydrogens (tertiary/aromatic N) is 2. The molecule has 0 spiro atoms. The highest BCUT2D eigenvalue weighted by Gasteiger charge is 2.08. The number of nitriles is 1. The minimum atomic E-state index is -0.0789. The summed E-state index contributed by atoms with van der Waals surface area (Å²) in [5.74, 6) is 0.743. The van der Waals surface area contributed by atoms with Crippen molar-refractivity contribution < 1.29 is 9.53 Å². The van der Waals surface area contributed by atoms with Crippen LogP contribution in [-0.2, 0) is 4.79 Å². The lowest BCUT2D eigenvalue weighted by Gasteiger charge is -2.18. The summed E-state index contributed by atoms with van der Waals surface area (Å²) >= 11 is 0. The van der Waals surface area contributed by atoms with E-state index in [0.29, 0.717) is 0 Å². The third-order valence-corrected chi connectivity index (χ3v) is 3.16. The Bertz CT molecular complexity index is 674. The van der Waals surface area contributed by atoms with Gasteiger partial charge in [-0.3, -0.25) is 4.79 Å². The summed E-state index contributed by atoms with van der Waals surface area (Å²) in [6.07, 6.45) is -0.0465. The summed E-state index contributed by atoms with van der Waals surface area (Å²) in [5, 5.41) is 10.7. The number of ether oxygens (including phenoxy) is 1. The van der Waals surface area contributed by atoms with E-state index in [0.717, 1.165) is 22.2 Å². The standard InChI is InChI=1S/C16H16N2O2/c1-18(11-15(19)7-8-17)14-5-3-13-10-16(20-2)6-4-12(13)9-14/h3-6,9-10H,7,11H2,1-2H3. The normalized spacial score (nSPS) is 10.1. The molecule has 2 rings (SSSR count). The van der Waals surface area contributed by atoms with Gasteiger partial charge < -0.3 is 9.64 Å². The molecule has 0 heterocycles. The average Bonchev–Trinajstić information content (AvgIpc) is 2.46. The molecule has 0 radical (unpaired) electrons. The molecule has 4 heteroatoms. The molecule has 0 aliphatic rings. The molecule has 0 unspecified atom stereocenters. The third-order valence-electron chi connectivity index (χ3n) is 3.16. The molecule has 0 N–H and O–H groups in total. The van der Waals surface area contributed by atoms with E-state index >= 15 is 0 Å². The largest absolute Gasteiger partial charge is 0.497 e. The number of carbonyl (C=O) groups is 1. The molecule has 0 saturated carbocycles. The van der Waals surface area contributed by atoms with E-state index in [1.807, 2.05) is 54.4 Å². The van der Waals surface area contributed by atoms with Gasteiger partial charge in [-0.2, -0.15) is 5.26 Å². The van der Waals surface area contributed by atoms with E-state index < -0.39 is 0 Å². The molecule has 0 fully saturated rings. The Hall–Kier alpha value is -2.54. The minimum absolute atomic E-state index is 0.0465. The Morgan fingerprint density at radius 1 is 1.25 bits per heavy atom. The van der Waals surface area contributed by atoms with Crippen molar-refractivity contribution in [2.24, 2.45) is 0 Å². The lowest BCUT2D eigenvalue weighted by molar-refractivity contribution is -0.116. The molecule has 0 atom stereocenters. The van der Waals surface area contributed by atoms with E-state index in [2.05, 4.69) is 0 Å². The lowest BCUT2D eigenvalue weighted by atomic mass is 10.1. The van der Waals surface area contributed by atoms with Crippen LogP contribution in [0.5, 0.6) is 5.75 Å². The number of rotatable bonds is 5. The van der Waals surface area contributed by atoms with Crippen molar-refractivity contribution in [3.05, 3.63) is 36.4 Å². The first kappa shape index (κ1) is 13.9. The maximum atomic E-state index is 11.5. The fraction of sp³-hybridized carbons (Fsp3) is 0.250. The zero-order chi connectivity index (χ0) is 14.5. The molecule has 0 aliphatic heterocycles. The summed E-state index contributed by atoms with van der Waals surface area (Å²) in [5.41, 5.74) is 0.953. The summed E-state index contributed by atoms with van der Waals surface area (Å²) < 4.78 is 5.19. The van der Waals surface area contributed by atoms with Gasteiger partial charge in [0.15, 0.2) is 5.78 Å². The van der Waals surface area contributed by atoms with Crippen molar-refractivity contribution in [2.45, 2.75) is 6.42 Å². The second-order valence-electron chi connectivity index (χ2n) is 4.63. The number of carbonyl (C=O) groups excluding carboxylic acids is 1. The van der Waals surface area contributed by atoms with Crippen molar-refractivity contribution in [2.75, 3.05) is 25.6 Å². The molecule has 2 aromatic carbocycles. The van der Waals surface area contributed by atoms with Crippen molar-refractivity contribution in [3.8, 4) is 11.8 Å². The van der Waals surface area contributed by atoms with Crippen LogP contribution in [0.4, 0.5) is 5.69 Å². The number of anilines is 1. The predicted octanol–water partition coefficient (Wildman–Crippen LogP) is 2.77. The Balaban J connectivity index is 2.23. The fourth-order valence-electron chi connectivity index (χ4n) is 2.08. The van der Waals surface area contributed by atoms with Crippen LogP contribution >= 0.6 is 0 Å². The Labute approximate surface area is 118 Å². The van der Waals surface area contributed by atoms with Crippen LogP contribution in [0.3, 0.4) is 0 Å². The predicted molar refractivity (Wildman–Crippen MR) is 79.0 cm³/mol. The van der Waals surface area contributed by atoms with Gasteiger partial charge in [-0.25, -0.2) is 0 Å². The number of hydrogen-bond acceptors (Lipinski definition) is 4. The van der Waals surface area contributed by atoms with Gasteiger partial charge in [0.05, 0.1) is 26.1 Å². The summed E-state index contributed by atoms with van der Waals surface area (Å²) in [4.78, 5) is 13.3. The maximum Gasteiger partial charge on any atom is 0.166 e. The van der Waals surface area contributed by atoms with Crippen molar-refractivity contribution in [1.29, 1.82) is 5.26 Å². The quantitative estimate of drug-likeness (QED) is 0.836. The summed E-state index contributed by atoms with van der Waals surface area (Å²) in [6.45, 7) is 0.245. The smallest absolute Gasteiger partial charge is 0.166 e. The molecular formula is C16H16N2O2. The van der Waals surface area contributed by atoms with Crippen LogP contribution in [0.2, 0.25) is 0 Å². The second kappa shape index (κ2) is 6.07. The third kappa shape index (κ3) is 3.07. The first-order chi connectivity index (χ1) is 9.63. The van der Waals surface area contributed by atoms with Gasteiger partial charge >= 0.3 is 0 Å². The summed E-state index contributed by atoms with van der Waals surface area (Å²) in [6, 6.07) is 13.7. The molecule has 20 heavy (non-hydrogen) atoms. The highest BCUT2D eigenvalue weighted by Crippen LogP contribution is 2.25. The van der Waals surface area contributed by atoms with E-state index in [9.17, 15) is 4.79 Å². The van der Waals surface area contributed by atoms with Crippen LogP contribution < -0.4 is 9.64 Å². The fourth-order valence-corrected chi connectivity index (χ4v) is 2.08. The van der Waals surface area contributed by atoms with Gasteiger partial charge in [-0.05, 0) is 35.0 Å². The van der Waals surface area contributed by atoms with Crippen LogP contribution in [0.15, 0.2) is 36.4 Å². The first-order valence-electron chi connectivity index (χ1n) is 6.31. The van der Waals surface area contributed by atoms with Crippen LogP contribution in [0.1, 0.15) is 6.42 Å². The van der Waals surface area contributed by atoms with Gasteiger partial charge in [0.1, 0.15) is 5.75 Å². The molecular weight excluding hydrogens is 252 g/mol. The molecule has 2 aromatic rings. The minimum Gasteiger partial charge on any atom is -0.497 e. The van der Waals surface area contributed by atoms with Crippen molar-refractivity contribution in [1.82, 2.24) is 0 Å². The van der Waals surface area contributed by atoms with E-state index in [1.165, 1.54) is 0 Å². The van der Waals surface area contributed by atoms with Gasteiger partial charge in [0, 0.05) is 12.7 Å². The molecule has 0 aromatic heterocycles. The average molecular weight is 268 g/mol. The Kier molecular flexibility index (Phi) is 4.21. The van der Waals surface area contributed by atoms with Crippen LogP contribution in [-0.4, -0.2) is 26.5 Å². The Morgan fingerprint density at radius 3 is 2.65 bits per heavy atom. The number of methoxy groups -OCH3 is 1. The number of hydrogen-bond donors (Lipinski definition) is 0. The lowest BCUT2D eigenvalue weighted by Crippen LogP contribution is -2.25. The molecule has 102 valence electrons. The molecule has 0 bridgehead atoms. The molecule has 0 amide bonds. The van der Waals surface area contributed by atoms with Crippen LogP contribution in [0, 0.1) is 11.3 Å². The zero-order valence-corrected chi connectivity index (χ0v) is 11.6. The highest BCUT2D eigenvalue weighted by molar-refractivity contribution is 5.89. The first-order valence-corrected chi connectivity index (χ1v) is 6.31. The number of Topliss-reactive ketones (excluding diaryl/α,β-unsaturated/α-hetero) is 1. The highest BCUT2D eigenvalue weighted by atomic mass is 16.5. The number of ketones is 1. The zero-order valence-electron chi connectivity index (χ0n) is 11.6. The summed E-state index contributed by atoms with van der Waals surface area (Å²) in [7, 11) is 3.49. The van der Waals surface area contributed by atoms with E-state index in [-0.39, 0.29) is 18.7 Å². The van der Waals surface area contributed by atoms with Gasteiger partial charge in [0.2, 0.25) is 0 Å².